The van der Waals surface area contributed by atoms with E-state index in [-0.39, 0.29) is 0 Å². The molecule has 1 unspecified atom stereocenters. The Balaban J connectivity index is 1.84. The molecule has 0 spiro atoms. The maximum atomic E-state index is 3.48. The van der Waals surface area contributed by atoms with Crippen molar-refractivity contribution < 1.29 is 0 Å². The zero-order valence-electron chi connectivity index (χ0n) is 9.71. The first-order chi connectivity index (χ1) is 7.95. The van der Waals surface area contributed by atoms with Crippen LogP contribution in [-0.4, -0.2) is 13.1 Å². The summed E-state index contributed by atoms with van der Waals surface area (Å²) in [6.07, 6.45) is 5.03. The summed E-state index contributed by atoms with van der Waals surface area (Å²) in [5.74, 6) is 7.29. The van der Waals surface area contributed by atoms with Gasteiger partial charge in [-0.3, -0.25) is 0 Å². The second kappa shape index (κ2) is 6.35. The van der Waals surface area contributed by atoms with E-state index in [9.17, 15) is 0 Å². The Kier molecular flexibility index (Phi) is 4.46. The smallest absolute Gasteiger partial charge is 0.0245 e. The summed E-state index contributed by atoms with van der Waals surface area (Å²) < 4.78 is 0. The van der Waals surface area contributed by atoms with E-state index >= 15 is 0 Å². The zero-order chi connectivity index (χ0) is 11.1. The average Bonchev–Trinajstić information content (AvgIpc) is 2.59. The van der Waals surface area contributed by atoms with E-state index in [2.05, 4.69) is 29.3 Å². The minimum atomic E-state index is 0.749. The third-order valence-electron chi connectivity index (χ3n) is 3.05. The first-order valence-electron chi connectivity index (χ1n) is 6.20. The van der Waals surface area contributed by atoms with Gasteiger partial charge in [-0.05, 0) is 44.0 Å². The Hall–Kier alpha value is -1.26. The first kappa shape index (κ1) is 11.2. The highest BCUT2D eigenvalue weighted by Crippen LogP contribution is 2.14. The van der Waals surface area contributed by atoms with Gasteiger partial charge in [0.25, 0.3) is 0 Å². The van der Waals surface area contributed by atoms with Gasteiger partial charge in [0, 0.05) is 12.0 Å². The lowest BCUT2D eigenvalue weighted by molar-refractivity contribution is 0.492. The SMILES string of the molecule is C(#Cc1ccccc1)CC1CCCCNC1. The molecule has 1 heterocycles. The van der Waals surface area contributed by atoms with E-state index in [1.54, 1.807) is 0 Å². The van der Waals surface area contributed by atoms with Crippen LogP contribution < -0.4 is 5.32 Å². The molecular weight excluding hydrogens is 194 g/mol. The fraction of sp³-hybridized carbons (Fsp3) is 0.467. The van der Waals surface area contributed by atoms with Gasteiger partial charge in [-0.25, -0.2) is 0 Å². The monoisotopic (exact) mass is 213 g/mol. The molecule has 1 aromatic carbocycles. The van der Waals surface area contributed by atoms with Gasteiger partial charge in [-0.1, -0.05) is 36.5 Å². The summed E-state index contributed by atoms with van der Waals surface area (Å²) in [7, 11) is 0. The van der Waals surface area contributed by atoms with Gasteiger partial charge in [0.15, 0.2) is 0 Å². The molecule has 1 saturated heterocycles. The van der Waals surface area contributed by atoms with Gasteiger partial charge in [-0.15, -0.1) is 0 Å². The van der Waals surface area contributed by atoms with Crippen molar-refractivity contribution in [1.29, 1.82) is 0 Å². The highest BCUT2D eigenvalue weighted by atomic mass is 14.9. The maximum Gasteiger partial charge on any atom is 0.0245 e. The standard InChI is InChI=1S/C15H19N/c1-2-7-14(8-3-1)10-6-11-15-9-4-5-12-16-13-15/h1-3,7-8,15-16H,4-5,9,11-13H2. The van der Waals surface area contributed by atoms with Crippen LogP contribution in [0.5, 0.6) is 0 Å². The van der Waals surface area contributed by atoms with Crippen LogP contribution in [0.2, 0.25) is 0 Å². The predicted octanol–water partition coefficient (Wildman–Crippen LogP) is 2.82. The van der Waals surface area contributed by atoms with E-state index in [1.807, 2.05) is 18.2 Å². The predicted molar refractivity (Wildman–Crippen MR) is 68.1 cm³/mol. The van der Waals surface area contributed by atoms with Crippen LogP contribution in [0.4, 0.5) is 0 Å². The molecule has 84 valence electrons. The number of hydrogen-bond acceptors (Lipinski definition) is 1. The Morgan fingerprint density at radius 2 is 2.06 bits per heavy atom. The van der Waals surface area contributed by atoms with Crippen molar-refractivity contribution in [2.75, 3.05) is 13.1 Å². The van der Waals surface area contributed by atoms with Crippen molar-refractivity contribution in [2.24, 2.45) is 5.92 Å². The Bertz CT molecular complexity index is 350. The number of benzene rings is 1. The maximum absolute atomic E-state index is 3.48. The zero-order valence-corrected chi connectivity index (χ0v) is 9.71. The second-order valence-corrected chi connectivity index (χ2v) is 4.44. The molecule has 1 nitrogen and oxygen atoms in total. The normalized spacial score (nSPS) is 20.6. The van der Waals surface area contributed by atoms with E-state index in [1.165, 1.54) is 25.8 Å². The summed E-state index contributed by atoms with van der Waals surface area (Å²) in [5, 5.41) is 3.48. The van der Waals surface area contributed by atoms with Gasteiger partial charge >= 0.3 is 0 Å². The van der Waals surface area contributed by atoms with Gasteiger partial charge in [0.05, 0.1) is 0 Å². The van der Waals surface area contributed by atoms with Crippen LogP contribution in [0.3, 0.4) is 0 Å². The van der Waals surface area contributed by atoms with E-state index in [0.29, 0.717) is 0 Å². The fourth-order valence-electron chi connectivity index (χ4n) is 2.08. The lowest BCUT2D eigenvalue weighted by atomic mass is 10.00. The first-order valence-corrected chi connectivity index (χ1v) is 6.20. The molecule has 0 saturated carbocycles. The molecule has 0 aliphatic carbocycles. The molecule has 0 amide bonds. The van der Waals surface area contributed by atoms with Gasteiger partial charge in [-0.2, -0.15) is 0 Å². The average molecular weight is 213 g/mol. The molecule has 1 atom stereocenters. The Morgan fingerprint density at radius 3 is 2.94 bits per heavy atom. The van der Waals surface area contributed by atoms with E-state index in [4.69, 9.17) is 0 Å². The van der Waals surface area contributed by atoms with Crippen LogP contribution in [0.25, 0.3) is 0 Å². The molecule has 0 bridgehead atoms. The van der Waals surface area contributed by atoms with Crippen LogP contribution in [0, 0.1) is 17.8 Å². The number of nitrogens with one attached hydrogen (secondary N) is 1. The molecule has 1 aromatic rings. The lowest BCUT2D eigenvalue weighted by Crippen LogP contribution is -2.20. The second-order valence-electron chi connectivity index (χ2n) is 4.44. The van der Waals surface area contributed by atoms with Crippen molar-refractivity contribution in [1.82, 2.24) is 5.32 Å². The molecule has 0 aromatic heterocycles. The molecule has 1 N–H and O–H groups in total. The van der Waals surface area contributed by atoms with Gasteiger partial charge < -0.3 is 5.32 Å². The third-order valence-corrected chi connectivity index (χ3v) is 3.05. The van der Waals surface area contributed by atoms with E-state index < -0.39 is 0 Å². The summed E-state index contributed by atoms with van der Waals surface area (Å²) in [4.78, 5) is 0. The Morgan fingerprint density at radius 1 is 1.19 bits per heavy atom. The van der Waals surface area contributed by atoms with E-state index in [0.717, 1.165) is 24.4 Å². The summed E-state index contributed by atoms with van der Waals surface area (Å²) in [5.41, 5.74) is 1.13. The number of rotatable bonds is 1. The van der Waals surface area contributed by atoms with Crippen molar-refractivity contribution in [3.63, 3.8) is 0 Å². The largest absolute Gasteiger partial charge is 0.316 e. The lowest BCUT2D eigenvalue weighted by Gasteiger charge is -2.09. The van der Waals surface area contributed by atoms with Crippen molar-refractivity contribution in [3.8, 4) is 11.8 Å². The third kappa shape index (κ3) is 3.72. The summed E-state index contributed by atoms with van der Waals surface area (Å²) >= 11 is 0. The molecule has 0 radical (unpaired) electrons. The van der Waals surface area contributed by atoms with Crippen LogP contribution in [-0.2, 0) is 0 Å². The minimum absolute atomic E-state index is 0.749. The highest BCUT2D eigenvalue weighted by Gasteiger charge is 2.09. The number of hydrogen-bond donors (Lipinski definition) is 1. The molecule has 1 fully saturated rings. The molecule has 2 rings (SSSR count). The summed E-state index contributed by atoms with van der Waals surface area (Å²) in [6, 6.07) is 10.2. The molecule has 1 aliphatic heterocycles. The van der Waals surface area contributed by atoms with Gasteiger partial charge in [0.2, 0.25) is 0 Å². The van der Waals surface area contributed by atoms with Crippen LogP contribution in [0.15, 0.2) is 30.3 Å². The molecule has 1 heteroatoms. The topological polar surface area (TPSA) is 12.0 Å². The van der Waals surface area contributed by atoms with Crippen molar-refractivity contribution >= 4 is 0 Å². The quantitative estimate of drug-likeness (QED) is 0.707. The Labute approximate surface area is 98.3 Å². The van der Waals surface area contributed by atoms with Crippen LogP contribution in [0.1, 0.15) is 31.2 Å². The highest BCUT2D eigenvalue weighted by molar-refractivity contribution is 5.33. The summed E-state index contributed by atoms with van der Waals surface area (Å²) in [6.45, 7) is 2.33. The molecule has 1 aliphatic rings. The van der Waals surface area contributed by atoms with Crippen molar-refractivity contribution in [2.45, 2.75) is 25.7 Å². The van der Waals surface area contributed by atoms with Crippen molar-refractivity contribution in [3.05, 3.63) is 35.9 Å². The van der Waals surface area contributed by atoms with Gasteiger partial charge in [0.1, 0.15) is 0 Å². The molecular formula is C15H19N. The minimum Gasteiger partial charge on any atom is -0.316 e. The fourth-order valence-corrected chi connectivity index (χ4v) is 2.08. The molecule has 16 heavy (non-hydrogen) atoms. The van der Waals surface area contributed by atoms with Crippen LogP contribution >= 0.6 is 0 Å².